The van der Waals surface area contributed by atoms with Crippen molar-refractivity contribution in [2.24, 2.45) is 0 Å². The van der Waals surface area contributed by atoms with Gasteiger partial charge in [-0.25, -0.2) is 4.98 Å². The van der Waals surface area contributed by atoms with Gasteiger partial charge in [-0.3, -0.25) is 5.10 Å². The van der Waals surface area contributed by atoms with Crippen LogP contribution in [0.1, 0.15) is 29.9 Å². The van der Waals surface area contributed by atoms with Gasteiger partial charge in [0.25, 0.3) is 0 Å². The minimum Gasteiger partial charge on any atom is -0.497 e. The van der Waals surface area contributed by atoms with E-state index in [1.165, 1.54) is 11.9 Å². The zero-order chi connectivity index (χ0) is 13.0. The van der Waals surface area contributed by atoms with Gasteiger partial charge in [0.2, 0.25) is 0 Å². The van der Waals surface area contributed by atoms with Crippen LogP contribution in [-0.2, 0) is 0 Å². The standard InChI is InChI=1S/C13H18N4O/c1-4-14-12(13-15-8-16-17-13)11-6-5-10(18-3)7-9(11)2/h5-8,12,14H,4H2,1-3H3,(H,15,16,17). The van der Waals surface area contributed by atoms with E-state index < -0.39 is 0 Å². The number of benzene rings is 1. The number of aryl methyl sites for hydroxylation is 1. The zero-order valence-electron chi connectivity index (χ0n) is 10.9. The Balaban J connectivity index is 2.37. The van der Waals surface area contributed by atoms with Gasteiger partial charge in [-0.1, -0.05) is 13.0 Å². The third kappa shape index (κ3) is 2.51. The lowest BCUT2D eigenvalue weighted by atomic mass is 10.0. The Morgan fingerprint density at radius 2 is 2.28 bits per heavy atom. The van der Waals surface area contributed by atoms with E-state index in [1.807, 2.05) is 12.1 Å². The summed E-state index contributed by atoms with van der Waals surface area (Å²) in [6, 6.07) is 6.08. The average molecular weight is 246 g/mol. The van der Waals surface area contributed by atoms with Gasteiger partial charge < -0.3 is 10.1 Å². The van der Waals surface area contributed by atoms with E-state index in [0.29, 0.717) is 0 Å². The summed E-state index contributed by atoms with van der Waals surface area (Å²) in [5, 5.41) is 10.2. The SMILES string of the molecule is CCNC(c1ncn[nH]1)c1ccc(OC)cc1C. The Morgan fingerprint density at radius 3 is 2.83 bits per heavy atom. The molecule has 2 N–H and O–H groups in total. The molecule has 0 saturated carbocycles. The molecule has 0 amide bonds. The number of methoxy groups -OCH3 is 1. The van der Waals surface area contributed by atoms with E-state index in [0.717, 1.165) is 23.7 Å². The molecule has 0 bridgehead atoms. The molecular formula is C13H18N4O. The third-order valence-electron chi connectivity index (χ3n) is 2.90. The Bertz CT molecular complexity index is 496. The quantitative estimate of drug-likeness (QED) is 0.844. The zero-order valence-corrected chi connectivity index (χ0v) is 10.9. The smallest absolute Gasteiger partial charge is 0.145 e. The van der Waals surface area contributed by atoms with E-state index in [4.69, 9.17) is 4.74 Å². The number of ether oxygens (including phenoxy) is 1. The van der Waals surface area contributed by atoms with Gasteiger partial charge in [0, 0.05) is 0 Å². The molecule has 0 spiro atoms. The lowest BCUT2D eigenvalue weighted by Gasteiger charge is -2.18. The summed E-state index contributed by atoms with van der Waals surface area (Å²) >= 11 is 0. The molecule has 5 heteroatoms. The van der Waals surface area contributed by atoms with Crippen LogP contribution in [0.2, 0.25) is 0 Å². The van der Waals surface area contributed by atoms with E-state index in [-0.39, 0.29) is 6.04 Å². The van der Waals surface area contributed by atoms with Gasteiger partial charge in [-0.05, 0) is 36.7 Å². The predicted octanol–water partition coefficient (Wildman–Crippen LogP) is 1.82. The fourth-order valence-electron chi connectivity index (χ4n) is 2.01. The lowest BCUT2D eigenvalue weighted by molar-refractivity contribution is 0.414. The maximum Gasteiger partial charge on any atom is 0.145 e. The fourth-order valence-corrected chi connectivity index (χ4v) is 2.01. The Hall–Kier alpha value is -1.88. The summed E-state index contributed by atoms with van der Waals surface area (Å²) < 4.78 is 5.22. The molecule has 1 unspecified atom stereocenters. The molecule has 0 aliphatic rings. The van der Waals surface area contributed by atoms with Crippen molar-refractivity contribution >= 4 is 0 Å². The summed E-state index contributed by atoms with van der Waals surface area (Å²) in [7, 11) is 1.67. The van der Waals surface area contributed by atoms with Crippen molar-refractivity contribution in [3.63, 3.8) is 0 Å². The summed E-state index contributed by atoms with van der Waals surface area (Å²) in [6.45, 7) is 5.00. The molecule has 18 heavy (non-hydrogen) atoms. The highest BCUT2D eigenvalue weighted by Gasteiger charge is 2.17. The van der Waals surface area contributed by atoms with Crippen molar-refractivity contribution in [1.29, 1.82) is 0 Å². The monoisotopic (exact) mass is 246 g/mol. The van der Waals surface area contributed by atoms with Gasteiger partial charge >= 0.3 is 0 Å². The molecule has 1 aromatic heterocycles. The van der Waals surface area contributed by atoms with Gasteiger partial charge in [-0.15, -0.1) is 0 Å². The molecule has 1 aromatic carbocycles. The number of H-pyrrole nitrogens is 1. The number of rotatable bonds is 5. The maximum absolute atomic E-state index is 5.22. The van der Waals surface area contributed by atoms with Gasteiger partial charge in [0.1, 0.15) is 17.9 Å². The largest absolute Gasteiger partial charge is 0.497 e. The number of nitrogens with one attached hydrogen (secondary N) is 2. The summed E-state index contributed by atoms with van der Waals surface area (Å²) in [4.78, 5) is 4.23. The Labute approximate surface area is 107 Å². The molecule has 0 fully saturated rings. The normalized spacial score (nSPS) is 12.4. The average Bonchev–Trinajstić information content (AvgIpc) is 2.90. The number of aromatic nitrogens is 3. The minimum absolute atomic E-state index is 0.0309. The van der Waals surface area contributed by atoms with Crippen LogP contribution in [-0.4, -0.2) is 28.8 Å². The Kier molecular flexibility index (Phi) is 3.94. The highest BCUT2D eigenvalue weighted by Crippen LogP contribution is 2.25. The molecule has 1 heterocycles. The molecule has 0 aliphatic carbocycles. The van der Waals surface area contributed by atoms with Gasteiger partial charge in [0.05, 0.1) is 13.2 Å². The molecule has 2 rings (SSSR count). The van der Waals surface area contributed by atoms with Crippen LogP contribution in [0.15, 0.2) is 24.5 Å². The molecule has 0 saturated heterocycles. The van der Waals surface area contributed by atoms with Crippen molar-refractivity contribution in [2.75, 3.05) is 13.7 Å². The van der Waals surface area contributed by atoms with E-state index >= 15 is 0 Å². The Morgan fingerprint density at radius 1 is 1.44 bits per heavy atom. The second kappa shape index (κ2) is 5.64. The van der Waals surface area contributed by atoms with Crippen molar-refractivity contribution in [2.45, 2.75) is 19.9 Å². The lowest BCUT2D eigenvalue weighted by Crippen LogP contribution is -2.24. The topological polar surface area (TPSA) is 62.8 Å². The number of aromatic amines is 1. The van der Waals surface area contributed by atoms with Crippen LogP contribution in [0.25, 0.3) is 0 Å². The van der Waals surface area contributed by atoms with E-state index in [2.05, 4.69) is 40.4 Å². The number of hydrogen-bond acceptors (Lipinski definition) is 4. The third-order valence-corrected chi connectivity index (χ3v) is 2.90. The maximum atomic E-state index is 5.22. The van der Waals surface area contributed by atoms with E-state index in [1.54, 1.807) is 7.11 Å². The number of nitrogens with zero attached hydrogens (tertiary/aromatic N) is 2. The van der Waals surface area contributed by atoms with Crippen molar-refractivity contribution in [3.8, 4) is 5.75 Å². The highest BCUT2D eigenvalue weighted by molar-refractivity contribution is 5.38. The van der Waals surface area contributed by atoms with Crippen LogP contribution in [0.4, 0.5) is 0 Å². The van der Waals surface area contributed by atoms with Crippen LogP contribution < -0.4 is 10.1 Å². The molecule has 5 nitrogen and oxygen atoms in total. The van der Waals surface area contributed by atoms with Gasteiger partial charge in [0.15, 0.2) is 0 Å². The number of hydrogen-bond donors (Lipinski definition) is 2. The van der Waals surface area contributed by atoms with E-state index in [9.17, 15) is 0 Å². The second-order valence-corrected chi connectivity index (χ2v) is 4.08. The first kappa shape index (κ1) is 12.6. The summed E-state index contributed by atoms with van der Waals surface area (Å²) in [5.74, 6) is 1.69. The van der Waals surface area contributed by atoms with Gasteiger partial charge in [-0.2, -0.15) is 5.10 Å². The second-order valence-electron chi connectivity index (χ2n) is 4.08. The summed E-state index contributed by atoms with van der Waals surface area (Å²) in [6.07, 6.45) is 1.53. The molecular weight excluding hydrogens is 228 g/mol. The molecule has 0 aliphatic heterocycles. The van der Waals surface area contributed by atoms with Crippen LogP contribution in [0.3, 0.4) is 0 Å². The van der Waals surface area contributed by atoms with Crippen molar-refractivity contribution in [3.05, 3.63) is 41.5 Å². The van der Waals surface area contributed by atoms with Crippen LogP contribution >= 0.6 is 0 Å². The first-order valence-electron chi connectivity index (χ1n) is 5.99. The first-order chi connectivity index (χ1) is 8.76. The molecule has 2 aromatic rings. The summed E-state index contributed by atoms with van der Waals surface area (Å²) in [5.41, 5.74) is 2.34. The first-order valence-corrected chi connectivity index (χ1v) is 5.99. The van der Waals surface area contributed by atoms with Crippen LogP contribution in [0, 0.1) is 6.92 Å². The van der Waals surface area contributed by atoms with Crippen molar-refractivity contribution < 1.29 is 4.74 Å². The highest BCUT2D eigenvalue weighted by atomic mass is 16.5. The predicted molar refractivity (Wildman–Crippen MR) is 69.6 cm³/mol. The van der Waals surface area contributed by atoms with Crippen LogP contribution in [0.5, 0.6) is 5.75 Å². The van der Waals surface area contributed by atoms with Crippen molar-refractivity contribution in [1.82, 2.24) is 20.5 Å². The molecule has 96 valence electrons. The molecule has 0 radical (unpaired) electrons. The fraction of sp³-hybridized carbons (Fsp3) is 0.385. The molecule has 1 atom stereocenters. The minimum atomic E-state index is 0.0309.